The lowest BCUT2D eigenvalue weighted by molar-refractivity contribution is 1.55. The highest BCUT2D eigenvalue weighted by Gasteiger charge is 2.16. The molecule has 0 aliphatic carbocycles. The van der Waals surface area contributed by atoms with Gasteiger partial charge in [-0.25, -0.2) is 0 Å². The summed E-state index contributed by atoms with van der Waals surface area (Å²) in [5, 5.41) is 20.1. The maximum absolute atomic E-state index is 4.13. The minimum atomic E-state index is 1.14. The van der Waals surface area contributed by atoms with Crippen molar-refractivity contribution < 1.29 is 0 Å². The molecule has 0 amide bonds. The van der Waals surface area contributed by atoms with E-state index in [1.165, 1.54) is 155 Å². The molecule has 0 saturated heterocycles. The van der Waals surface area contributed by atoms with Crippen molar-refractivity contribution in [3.8, 4) is 64.7 Å². The molecule has 0 radical (unpaired) electrons. The molecule has 15 rings (SSSR count). The van der Waals surface area contributed by atoms with Crippen LogP contribution in [0.15, 0.2) is 266 Å². The van der Waals surface area contributed by atoms with Crippen molar-refractivity contribution in [2.45, 2.75) is 6.92 Å². The summed E-state index contributed by atoms with van der Waals surface area (Å²) in [6.45, 7) is 6.31. The van der Waals surface area contributed by atoms with E-state index in [1.54, 1.807) is 11.3 Å². The van der Waals surface area contributed by atoms with Gasteiger partial charge in [-0.3, -0.25) is 0 Å². The molecule has 0 aliphatic heterocycles. The first-order valence-electron chi connectivity index (χ1n) is 26.7. The van der Waals surface area contributed by atoms with Gasteiger partial charge in [0.2, 0.25) is 0 Å². The molecule has 4 aromatic heterocycles. The third-order valence-electron chi connectivity index (χ3n) is 15.9. The van der Waals surface area contributed by atoms with Crippen molar-refractivity contribution in [2.75, 3.05) is 0 Å². The van der Waals surface area contributed by atoms with E-state index in [0.29, 0.717) is 0 Å². The van der Waals surface area contributed by atoms with Gasteiger partial charge in [-0.1, -0.05) is 243 Å². The number of fused-ring (bicyclic) bond motifs is 11. The average Bonchev–Trinajstić information content (AvgIpc) is 4.39. The van der Waals surface area contributed by atoms with Crippen LogP contribution in [0.2, 0.25) is 0 Å². The van der Waals surface area contributed by atoms with E-state index in [1.807, 2.05) is 40.1 Å². The zero-order chi connectivity index (χ0) is 52.6. The molecule has 0 spiro atoms. The highest BCUT2D eigenvalue weighted by atomic mass is 32.1. The van der Waals surface area contributed by atoms with Crippen molar-refractivity contribution in [1.82, 2.24) is 0 Å². The largest absolute Gasteiger partial charge is 0.143 e. The molecule has 11 aromatic carbocycles. The molecule has 79 heavy (non-hydrogen) atoms. The second-order valence-electron chi connectivity index (χ2n) is 20.5. The molecule has 0 fully saturated rings. The fourth-order valence-corrected chi connectivity index (χ4v) is 16.0. The molecule has 0 aliphatic rings. The minimum Gasteiger partial charge on any atom is -0.143 e. The quantitative estimate of drug-likeness (QED) is 0.0946. The Morgan fingerprint density at radius 1 is 0.342 bits per heavy atom. The molecule has 372 valence electrons. The molecule has 0 nitrogen and oxygen atoms in total. The van der Waals surface area contributed by atoms with E-state index < -0.39 is 0 Å². The highest BCUT2D eigenvalue weighted by Crippen LogP contribution is 2.45. The second-order valence-corrected chi connectivity index (χ2v) is 24.3. The van der Waals surface area contributed by atoms with Gasteiger partial charge >= 0.3 is 0 Å². The Morgan fingerprint density at radius 2 is 0.734 bits per heavy atom. The molecule has 4 heterocycles. The topological polar surface area (TPSA) is 0 Å². The van der Waals surface area contributed by atoms with E-state index in [2.05, 4.69) is 267 Å². The van der Waals surface area contributed by atoms with Gasteiger partial charge in [-0.2, -0.15) is 0 Å². The molecular formula is C75H48S4. The first-order chi connectivity index (χ1) is 39.0. The molecule has 0 N–H and O–H groups in total. The Bertz CT molecular complexity index is 4920. The fraction of sp³-hybridized carbons (Fsp3) is 0.0133. The van der Waals surface area contributed by atoms with Crippen molar-refractivity contribution in [2.24, 2.45) is 0 Å². The third kappa shape index (κ3) is 8.48. The molecule has 0 saturated carbocycles. The summed E-state index contributed by atoms with van der Waals surface area (Å²) >= 11 is 7.38. The zero-order valence-corrected chi connectivity index (χ0v) is 46.4. The SMILES string of the molecule is C=C/C(=C\C=C(/C)c1ccc(-c2ccc(-c3cc4ccc5c6ccc7c(ccc8cc(-c9ccc(-c%10ccc(-c%11ccc(-c%12scc%13ccccc%12%13)cc%11)cc%10)cc9)sc87)c6ccc5c4s3)cc2)cc1)c1scc2ccccc12. The van der Waals surface area contributed by atoms with E-state index in [9.17, 15) is 0 Å². The number of hydrogen-bond acceptors (Lipinski definition) is 4. The fourth-order valence-electron chi connectivity index (χ4n) is 11.5. The minimum absolute atomic E-state index is 1.14. The van der Waals surface area contributed by atoms with Crippen LogP contribution in [0.1, 0.15) is 17.4 Å². The number of rotatable bonds is 10. The van der Waals surface area contributed by atoms with Gasteiger partial charge < -0.3 is 0 Å². The average molecular weight is 1080 g/mol. The van der Waals surface area contributed by atoms with E-state index in [-0.39, 0.29) is 0 Å². The summed E-state index contributed by atoms with van der Waals surface area (Å²) < 4.78 is 2.67. The van der Waals surface area contributed by atoms with Crippen LogP contribution < -0.4 is 0 Å². The Morgan fingerprint density at radius 3 is 1.24 bits per heavy atom. The van der Waals surface area contributed by atoms with Crippen LogP contribution in [0.25, 0.3) is 150 Å². The van der Waals surface area contributed by atoms with Crippen LogP contribution >= 0.6 is 45.3 Å². The van der Waals surface area contributed by atoms with E-state index in [0.717, 1.165) is 5.57 Å². The Kier molecular flexibility index (Phi) is 11.8. The summed E-state index contributed by atoms with van der Waals surface area (Å²) in [6.07, 6.45) is 6.36. The normalized spacial score (nSPS) is 12.3. The first kappa shape index (κ1) is 47.5. The Labute approximate surface area is 475 Å². The molecular weight excluding hydrogens is 1030 g/mol. The maximum atomic E-state index is 4.13. The predicted octanol–water partition coefficient (Wildman–Crippen LogP) is 23.7. The smallest absolute Gasteiger partial charge is 0.0428 e. The molecule has 0 atom stereocenters. The lowest BCUT2D eigenvalue weighted by atomic mass is 9.96. The summed E-state index contributed by atoms with van der Waals surface area (Å²) in [4.78, 5) is 5.16. The third-order valence-corrected chi connectivity index (χ3v) is 20.5. The summed E-state index contributed by atoms with van der Waals surface area (Å²) in [6, 6.07) is 85.7. The Balaban J connectivity index is 0.648. The lowest BCUT2D eigenvalue weighted by Gasteiger charge is -2.09. The first-order valence-corrected chi connectivity index (χ1v) is 30.1. The second kappa shape index (κ2) is 19.6. The van der Waals surface area contributed by atoms with Crippen LogP contribution in [0, 0.1) is 0 Å². The van der Waals surface area contributed by atoms with E-state index in [4.69, 9.17) is 0 Å². The van der Waals surface area contributed by atoms with Crippen molar-refractivity contribution >= 4 is 131 Å². The molecule has 0 bridgehead atoms. The Hall–Kier alpha value is -8.74. The van der Waals surface area contributed by atoms with Crippen LogP contribution in [0.5, 0.6) is 0 Å². The molecule has 4 heteroatoms. The van der Waals surface area contributed by atoms with Gasteiger partial charge in [0, 0.05) is 50.5 Å². The van der Waals surface area contributed by atoms with Crippen molar-refractivity contribution in [3.63, 3.8) is 0 Å². The number of thiophene rings is 4. The standard InChI is InChI=1S/C75H48S4/c1-3-47(72-62-10-6-4-8-60(62)44-76-72)13-12-46(2)48-14-16-49(17-15-48)52-22-28-55(29-23-52)70-42-58-34-36-66-64-39-41-69-67(65(64)38-40-68(66)74(58)78-70)37-35-59-43-71(79-75(59)69)56-30-24-53(25-31-56)50-18-20-51(21-19-50)54-26-32-57(33-27-54)73-63-11-7-5-9-61(63)45-77-73/h3-45H,1H2,2H3/b46-12+,47-13+. The van der Waals surface area contributed by atoms with E-state index >= 15 is 0 Å². The molecule has 15 aromatic rings. The summed E-state index contributed by atoms with van der Waals surface area (Å²) in [7, 11) is 0. The van der Waals surface area contributed by atoms with Gasteiger partial charge in [0.15, 0.2) is 0 Å². The predicted molar refractivity (Wildman–Crippen MR) is 351 cm³/mol. The number of benzene rings is 11. The van der Waals surface area contributed by atoms with Crippen LogP contribution in [0.4, 0.5) is 0 Å². The highest BCUT2D eigenvalue weighted by molar-refractivity contribution is 7.23. The van der Waals surface area contributed by atoms with Crippen LogP contribution in [0.3, 0.4) is 0 Å². The van der Waals surface area contributed by atoms with Gasteiger partial charge in [0.25, 0.3) is 0 Å². The van der Waals surface area contributed by atoms with Gasteiger partial charge in [-0.15, -0.1) is 45.3 Å². The summed E-state index contributed by atoms with van der Waals surface area (Å²) in [5.41, 5.74) is 14.6. The van der Waals surface area contributed by atoms with Crippen molar-refractivity contribution in [3.05, 3.63) is 277 Å². The van der Waals surface area contributed by atoms with Crippen molar-refractivity contribution in [1.29, 1.82) is 0 Å². The van der Waals surface area contributed by atoms with Gasteiger partial charge in [-0.05, 0) is 140 Å². The zero-order valence-electron chi connectivity index (χ0n) is 43.2. The number of hydrogen-bond donors (Lipinski definition) is 0. The summed E-state index contributed by atoms with van der Waals surface area (Å²) in [5.74, 6) is 0. The maximum Gasteiger partial charge on any atom is 0.0428 e. The van der Waals surface area contributed by atoms with Gasteiger partial charge in [0.1, 0.15) is 0 Å². The molecule has 0 unspecified atom stereocenters. The van der Waals surface area contributed by atoms with Crippen LogP contribution in [-0.4, -0.2) is 0 Å². The lowest BCUT2D eigenvalue weighted by Crippen LogP contribution is -1.83. The van der Waals surface area contributed by atoms with Crippen LogP contribution in [-0.2, 0) is 0 Å². The monoisotopic (exact) mass is 1080 g/mol. The van der Waals surface area contributed by atoms with Gasteiger partial charge in [0.05, 0.1) is 0 Å². The number of allylic oxidation sites excluding steroid dienone is 5.